The zero-order chi connectivity index (χ0) is 12.9. The van der Waals surface area contributed by atoms with Gasteiger partial charge in [-0.25, -0.2) is 3.63 Å². The van der Waals surface area contributed by atoms with Crippen molar-refractivity contribution in [3.63, 3.8) is 0 Å². The van der Waals surface area contributed by atoms with Crippen LogP contribution in [0.4, 0.5) is 0 Å². The summed E-state index contributed by atoms with van der Waals surface area (Å²) in [4.78, 5) is 0. The topological polar surface area (TPSA) is 9.23 Å². The van der Waals surface area contributed by atoms with Gasteiger partial charge in [0.05, 0.1) is 22.1 Å². The summed E-state index contributed by atoms with van der Waals surface area (Å²) < 4.78 is 5.49. The molecule has 0 aromatic heterocycles. The van der Waals surface area contributed by atoms with E-state index in [9.17, 15) is 0 Å². The molecule has 0 N–H and O–H groups in total. The molecule has 0 aliphatic heterocycles. The van der Waals surface area contributed by atoms with E-state index in [-0.39, 0.29) is 0 Å². The van der Waals surface area contributed by atoms with Crippen LogP contribution in [0.3, 0.4) is 0 Å². The van der Waals surface area contributed by atoms with Gasteiger partial charge in [-0.1, -0.05) is 75.0 Å². The maximum Gasteiger partial charge on any atom is 0.0791 e. The standard InChI is InChI=1S/C12H26OS4/c1-5-7-9-11(3)14-16-13-17-15-12(4)10-8-6-2/h11-12H,5-10H2,1-4H3. The lowest BCUT2D eigenvalue weighted by molar-refractivity contribution is 0.713. The third-order valence-corrected chi connectivity index (χ3v) is 7.56. The van der Waals surface area contributed by atoms with E-state index < -0.39 is 0 Å². The summed E-state index contributed by atoms with van der Waals surface area (Å²) in [6, 6.07) is 0. The summed E-state index contributed by atoms with van der Waals surface area (Å²) in [7, 11) is 3.69. The van der Waals surface area contributed by atoms with Crippen molar-refractivity contribution in [2.75, 3.05) is 0 Å². The fraction of sp³-hybridized carbons (Fsp3) is 1.00. The van der Waals surface area contributed by atoms with E-state index in [0.29, 0.717) is 10.5 Å². The smallest absolute Gasteiger partial charge is 0.0791 e. The molecule has 0 aromatic carbocycles. The molecule has 0 fully saturated rings. The van der Waals surface area contributed by atoms with E-state index in [2.05, 4.69) is 27.7 Å². The van der Waals surface area contributed by atoms with E-state index in [1.54, 1.807) is 0 Å². The summed E-state index contributed by atoms with van der Waals surface area (Å²) in [5.41, 5.74) is 0. The molecule has 0 bridgehead atoms. The maximum atomic E-state index is 5.49. The first kappa shape index (κ1) is 18.4. The van der Waals surface area contributed by atoms with Gasteiger partial charge in [0.2, 0.25) is 0 Å². The van der Waals surface area contributed by atoms with E-state index in [0.717, 1.165) is 0 Å². The van der Waals surface area contributed by atoms with Crippen LogP contribution in [0.2, 0.25) is 0 Å². The lowest BCUT2D eigenvalue weighted by atomic mass is 10.2. The van der Waals surface area contributed by atoms with Gasteiger partial charge in [0, 0.05) is 10.5 Å². The molecule has 0 rings (SSSR count). The minimum absolute atomic E-state index is 0.697. The van der Waals surface area contributed by atoms with E-state index in [1.165, 1.54) is 60.7 Å². The molecule has 0 amide bonds. The summed E-state index contributed by atoms with van der Waals surface area (Å²) >= 11 is 3.07. The first-order chi connectivity index (χ1) is 8.20. The lowest BCUT2D eigenvalue weighted by Gasteiger charge is -2.10. The van der Waals surface area contributed by atoms with E-state index >= 15 is 0 Å². The molecule has 0 heterocycles. The fourth-order valence-electron chi connectivity index (χ4n) is 1.26. The highest BCUT2D eigenvalue weighted by molar-refractivity contribution is 8.81. The van der Waals surface area contributed by atoms with Crippen molar-refractivity contribution in [3.8, 4) is 0 Å². The van der Waals surface area contributed by atoms with Gasteiger partial charge in [0.25, 0.3) is 0 Å². The Morgan fingerprint density at radius 1 is 0.824 bits per heavy atom. The average molecular weight is 315 g/mol. The van der Waals surface area contributed by atoms with Crippen molar-refractivity contribution in [2.45, 2.75) is 76.7 Å². The fourth-order valence-corrected chi connectivity index (χ4v) is 5.17. The number of hydrogen-bond donors (Lipinski definition) is 0. The van der Waals surface area contributed by atoms with Crippen LogP contribution < -0.4 is 0 Å². The number of rotatable bonds is 12. The highest BCUT2D eigenvalue weighted by Crippen LogP contribution is 2.39. The highest BCUT2D eigenvalue weighted by Gasteiger charge is 2.06. The normalized spacial score (nSPS) is 14.8. The van der Waals surface area contributed by atoms with Crippen LogP contribution in [0.25, 0.3) is 0 Å². The Kier molecular flexibility index (Phi) is 14.9. The molecule has 2 unspecified atom stereocenters. The second kappa shape index (κ2) is 13.8. The lowest BCUT2D eigenvalue weighted by Crippen LogP contribution is -1.93. The Morgan fingerprint density at radius 2 is 1.24 bits per heavy atom. The van der Waals surface area contributed by atoms with Crippen LogP contribution in [0.15, 0.2) is 0 Å². The van der Waals surface area contributed by atoms with Gasteiger partial charge in [-0.3, -0.25) is 0 Å². The van der Waals surface area contributed by atoms with Crippen LogP contribution in [0.5, 0.6) is 0 Å². The van der Waals surface area contributed by atoms with Crippen molar-refractivity contribution < 1.29 is 3.63 Å². The van der Waals surface area contributed by atoms with Gasteiger partial charge in [-0.05, 0) is 12.8 Å². The predicted octanol–water partition coefficient (Wildman–Crippen LogP) is 6.75. The van der Waals surface area contributed by atoms with Gasteiger partial charge in [0.15, 0.2) is 0 Å². The molecule has 104 valence electrons. The van der Waals surface area contributed by atoms with Gasteiger partial charge >= 0.3 is 0 Å². The minimum Gasteiger partial charge on any atom is -0.224 e. The van der Waals surface area contributed by atoms with Crippen LogP contribution in [-0.2, 0) is 3.63 Å². The van der Waals surface area contributed by atoms with Crippen molar-refractivity contribution >= 4 is 43.7 Å². The second-order valence-corrected chi connectivity index (χ2v) is 9.08. The maximum absolute atomic E-state index is 5.49. The Balaban J connectivity index is 3.22. The third-order valence-electron chi connectivity index (χ3n) is 2.39. The molecule has 2 atom stereocenters. The molecule has 0 spiro atoms. The Bertz CT molecular complexity index is 141. The van der Waals surface area contributed by atoms with Crippen molar-refractivity contribution in [3.05, 3.63) is 0 Å². The first-order valence-electron chi connectivity index (χ1n) is 6.52. The molecular formula is C12H26OS4. The third kappa shape index (κ3) is 13.6. The van der Waals surface area contributed by atoms with Gasteiger partial charge in [-0.2, -0.15) is 0 Å². The minimum atomic E-state index is 0.697. The van der Waals surface area contributed by atoms with Crippen LogP contribution in [0.1, 0.15) is 66.2 Å². The Hall–Kier alpha value is 1.36. The molecule has 0 aliphatic rings. The SMILES string of the molecule is CCCCC(C)SSOSSC(C)CCCC. The Morgan fingerprint density at radius 3 is 1.59 bits per heavy atom. The largest absolute Gasteiger partial charge is 0.224 e. The van der Waals surface area contributed by atoms with Crippen LogP contribution in [0, 0.1) is 0 Å². The second-order valence-electron chi connectivity index (χ2n) is 4.30. The highest BCUT2D eigenvalue weighted by atomic mass is 33.2. The summed E-state index contributed by atoms with van der Waals surface area (Å²) in [6.07, 6.45) is 7.81. The Labute approximate surface area is 124 Å². The van der Waals surface area contributed by atoms with Gasteiger partial charge in [0.1, 0.15) is 0 Å². The molecule has 0 saturated carbocycles. The van der Waals surface area contributed by atoms with Gasteiger partial charge in [-0.15, -0.1) is 0 Å². The molecule has 0 aromatic rings. The monoisotopic (exact) mass is 314 g/mol. The zero-order valence-electron chi connectivity index (χ0n) is 11.4. The average Bonchev–Trinajstić information content (AvgIpc) is 2.33. The molecule has 5 heteroatoms. The quantitative estimate of drug-likeness (QED) is 0.223. The van der Waals surface area contributed by atoms with Crippen LogP contribution in [-0.4, -0.2) is 10.5 Å². The molecule has 17 heavy (non-hydrogen) atoms. The predicted molar refractivity (Wildman–Crippen MR) is 89.4 cm³/mol. The molecular weight excluding hydrogens is 288 g/mol. The van der Waals surface area contributed by atoms with E-state index in [1.807, 2.05) is 21.6 Å². The summed E-state index contributed by atoms with van der Waals surface area (Å²) in [5.74, 6) is 0. The molecule has 0 aliphatic carbocycles. The van der Waals surface area contributed by atoms with E-state index in [4.69, 9.17) is 3.63 Å². The van der Waals surface area contributed by atoms with Crippen molar-refractivity contribution in [1.29, 1.82) is 0 Å². The van der Waals surface area contributed by atoms with Crippen molar-refractivity contribution in [2.24, 2.45) is 0 Å². The number of hydrogen-bond acceptors (Lipinski definition) is 5. The first-order valence-corrected chi connectivity index (χ1v) is 10.8. The van der Waals surface area contributed by atoms with Crippen molar-refractivity contribution in [1.82, 2.24) is 0 Å². The summed E-state index contributed by atoms with van der Waals surface area (Å²) in [6.45, 7) is 9.03. The molecule has 0 radical (unpaired) electrons. The van der Waals surface area contributed by atoms with Gasteiger partial charge < -0.3 is 0 Å². The van der Waals surface area contributed by atoms with Crippen LogP contribution >= 0.6 is 43.7 Å². The molecule has 1 nitrogen and oxygen atoms in total. The zero-order valence-corrected chi connectivity index (χ0v) is 14.7. The molecule has 0 saturated heterocycles. The summed E-state index contributed by atoms with van der Waals surface area (Å²) in [5, 5.41) is 1.39. The number of unbranched alkanes of at least 4 members (excludes halogenated alkanes) is 2.